The summed E-state index contributed by atoms with van der Waals surface area (Å²) in [6, 6.07) is 11.9. The van der Waals surface area contributed by atoms with Crippen LogP contribution in [-0.4, -0.2) is 27.3 Å². The van der Waals surface area contributed by atoms with E-state index >= 15 is 0 Å². The third-order valence-electron chi connectivity index (χ3n) is 4.94. The average molecular weight is 446 g/mol. The van der Waals surface area contributed by atoms with E-state index in [2.05, 4.69) is 19.2 Å². The second-order valence-corrected chi connectivity index (χ2v) is 7.94. The number of carbonyl (C=O) groups excluding carboxylic acids is 1. The first-order valence-electron chi connectivity index (χ1n) is 10.0. The highest BCUT2D eigenvalue weighted by Gasteiger charge is 2.16. The molecule has 30 heavy (non-hydrogen) atoms. The van der Waals surface area contributed by atoms with Crippen LogP contribution in [0.2, 0.25) is 10.0 Å². The van der Waals surface area contributed by atoms with Crippen LogP contribution in [0.4, 0.5) is 0 Å². The number of aromatic hydroxyl groups is 1. The van der Waals surface area contributed by atoms with E-state index in [1.165, 1.54) is 17.7 Å². The quantitative estimate of drug-likeness (QED) is 0.510. The first-order chi connectivity index (χ1) is 14.4. The largest absolute Gasteiger partial charge is 0.508 e. The van der Waals surface area contributed by atoms with Crippen LogP contribution in [0.15, 0.2) is 42.5 Å². The van der Waals surface area contributed by atoms with Crippen LogP contribution in [0, 0.1) is 0 Å². The van der Waals surface area contributed by atoms with Crippen molar-refractivity contribution in [1.29, 1.82) is 0 Å². The van der Waals surface area contributed by atoms with Gasteiger partial charge in [0, 0.05) is 39.8 Å². The maximum absolute atomic E-state index is 12.3. The fourth-order valence-corrected chi connectivity index (χ4v) is 4.17. The van der Waals surface area contributed by atoms with E-state index in [0.29, 0.717) is 35.1 Å². The molecule has 0 aliphatic heterocycles. The molecular formula is C23H25Cl2N3O2. The Kier molecular flexibility index (Phi) is 7.40. The highest BCUT2D eigenvalue weighted by Crippen LogP contribution is 2.25. The Morgan fingerprint density at radius 1 is 1.10 bits per heavy atom. The zero-order valence-electron chi connectivity index (χ0n) is 17.1. The molecule has 1 amide bonds. The molecule has 0 atom stereocenters. The average Bonchev–Trinajstić information content (AvgIpc) is 3.03. The van der Waals surface area contributed by atoms with Gasteiger partial charge in [0.25, 0.3) is 5.91 Å². The van der Waals surface area contributed by atoms with E-state index in [1.54, 1.807) is 18.2 Å². The van der Waals surface area contributed by atoms with Crippen LogP contribution in [0.1, 0.15) is 46.7 Å². The number of nitrogens with zero attached hydrogens (tertiary/aromatic N) is 2. The van der Waals surface area contributed by atoms with Crippen molar-refractivity contribution in [2.24, 2.45) is 0 Å². The molecule has 1 aromatic heterocycles. The van der Waals surface area contributed by atoms with Gasteiger partial charge in [0.2, 0.25) is 0 Å². The maximum atomic E-state index is 12.3. The second-order valence-electron chi connectivity index (χ2n) is 7.06. The van der Waals surface area contributed by atoms with Crippen LogP contribution >= 0.6 is 23.2 Å². The zero-order valence-corrected chi connectivity index (χ0v) is 18.6. The Labute approximate surface area is 186 Å². The third-order valence-corrected chi connectivity index (χ3v) is 5.38. The van der Waals surface area contributed by atoms with Gasteiger partial charge < -0.3 is 10.4 Å². The van der Waals surface area contributed by atoms with E-state index in [9.17, 15) is 9.90 Å². The third kappa shape index (κ3) is 5.35. The summed E-state index contributed by atoms with van der Waals surface area (Å²) in [5, 5.41) is 18.5. The van der Waals surface area contributed by atoms with Gasteiger partial charge in [-0.2, -0.15) is 5.10 Å². The molecule has 158 valence electrons. The van der Waals surface area contributed by atoms with Crippen molar-refractivity contribution in [3.8, 4) is 5.75 Å². The van der Waals surface area contributed by atoms with Crippen molar-refractivity contribution < 1.29 is 9.90 Å². The predicted octanol–water partition coefficient (Wildman–Crippen LogP) is 5.04. The normalized spacial score (nSPS) is 10.9. The minimum absolute atomic E-state index is 0.0707. The van der Waals surface area contributed by atoms with Gasteiger partial charge in [-0.15, -0.1) is 0 Å². The topological polar surface area (TPSA) is 67.2 Å². The Bertz CT molecular complexity index is 1030. The number of halogens is 2. The summed E-state index contributed by atoms with van der Waals surface area (Å²) in [6.45, 7) is 5.20. The predicted molar refractivity (Wildman–Crippen MR) is 121 cm³/mol. The number of carbonyl (C=O) groups is 1. The van der Waals surface area contributed by atoms with Gasteiger partial charge in [-0.3, -0.25) is 9.48 Å². The lowest BCUT2D eigenvalue weighted by atomic mass is 10.0. The second kappa shape index (κ2) is 10.0. The summed E-state index contributed by atoms with van der Waals surface area (Å²) >= 11 is 12.3. The molecule has 1 heterocycles. The van der Waals surface area contributed by atoms with E-state index in [4.69, 9.17) is 28.3 Å². The summed E-state index contributed by atoms with van der Waals surface area (Å²) < 4.78 is 1.98. The molecule has 0 saturated heterocycles. The van der Waals surface area contributed by atoms with Crippen molar-refractivity contribution in [3.05, 3.63) is 80.6 Å². The van der Waals surface area contributed by atoms with E-state index < -0.39 is 0 Å². The van der Waals surface area contributed by atoms with Gasteiger partial charge in [-0.1, -0.05) is 43.1 Å². The minimum Gasteiger partial charge on any atom is -0.508 e. The summed E-state index contributed by atoms with van der Waals surface area (Å²) in [4.78, 5) is 12.3. The number of aryl methyl sites for hydroxylation is 1. The first-order valence-corrected chi connectivity index (χ1v) is 10.8. The van der Waals surface area contributed by atoms with Gasteiger partial charge in [0.15, 0.2) is 0 Å². The summed E-state index contributed by atoms with van der Waals surface area (Å²) in [6.07, 6.45) is 2.36. The molecule has 0 fully saturated rings. The van der Waals surface area contributed by atoms with Crippen molar-refractivity contribution in [1.82, 2.24) is 15.1 Å². The molecular weight excluding hydrogens is 421 g/mol. The molecule has 3 aromatic rings. The molecule has 2 N–H and O–H groups in total. The Morgan fingerprint density at radius 3 is 2.47 bits per heavy atom. The van der Waals surface area contributed by atoms with E-state index in [-0.39, 0.29) is 11.7 Å². The Balaban J connectivity index is 1.74. The number of benzene rings is 2. The molecule has 0 radical (unpaired) electrons. The summed E-state index contributed by atoms with van der Waals surface area (Å²) in [5.41, 5.74) is 4.86. The minimum atomic E-state index is -0.222. The molecule has 0 aliphatic carbocycles. The number of hydrogen-bond donors (Lipinski definition) is 2. The number of aromatic nitrogens is 2. The summed E-state index contributed by atoms with van der Waals surface area (Å²) in [7, 11) is 0. The monoisotopic (exact) mass is 445 g/mol. The number of nitrogens with one attached hydrogen (secondary N) is 1. The molecule has 0 saturated carbocycles. The highest BCUT2D eigenvalue weighted by atomic mass is 35.5. The van der Waals surface area contributed by atoms with Gasteiger partial charge in [0.05, 0.1) is 12.2 Å². The number of phenols is 1. The van der Waals surface area contributed by atoms with Crippen LogP contribution < -0.4 is 5.32 Å². The molecule has 7 heteroatoms. The number of amides is 1. The number of phenolic OH excluding ortho intramolecular Hbond substituents is 1. The maximum Gasteiger partial charge on any atom is 0.251 e. The van der Waals surface area contributed by atoms with Crippen molar-refractivity contribution in [2.75, 3.05) is 6.54 Å². The smallest absolute Gasteiger partial charge is 0.251 e. The van der Waals surface area contributed by atoms with Crippen molar-refractivity contribution in [2.45, 2.75) is 39.7 Å². The van der Waals surface area contributed by atoms with Crippen LogP contribution in [0.5, 0.6) is 5.75 Å². The van der Waals surface area contributed by atoms with Gasteiger partial charge in [0.1, 0.15) is 5.75 Å². The molecule has 3 rings (SSSR count). The lowest BCUT2D eigenvalue weighted by Gasteiger charge is -2.10. The Hall–Kier alpha value is -2.50. The first kappa shape index (κ1) is 22.2. The molecule has 0 aliphatic rings. The highest BCUT2D eigenvalue weighted by molar-refractivity contribution is 6.34. The summed E-state index contributed by atoms with van der Waals surface area (Å²) in [5.74, 6) is -0.151. The van der Waals surface area contributed by atoms with Gasteiger partial charge >= 0.3 is 0 Å². The fraction of sp³-hybridized carbons (Fsp3) is 0.304. The van der Waals surface area contributed by atoms with Crippen molar-refractivity contribution in [3.63, 3.8) is 0 Å². The fourth-order valence-electron chi connectivity index (χ4n) is 3.60. The van der Waals surface area contributed by atoms with Gasteiger partial charge in [-0.05, 0) is 54.8 Å². The molecule has 0 spiro atoms. The molecule has 5 nitrogen and oxygen atoms in total. The SMILES string of the molecule is CCc1nn(CCNC(=O)c2cccc(O)c2)c(CC)c1Cc1cc(Cl)cc(Cl)c1. The van der Waals surface area contributed by atoms with Crippen LogP contribution in [0.25, 0.3) is 0 Å². The van der Waals surface area contributed by atoms with Crippen molar-refractivity contribution >= 4 is 29.1 Å². The molecule has 0 unspecified atom stereocenters. The van der Waals surface area contributed by atoms with E-state index in [0.717, 1.165) is 29.8 Å². The lowest BCUT2D eigenvalue weighted by Crippen LogP contribution is -2.28. The molecule has 2 aromatic carbocycles. The Morgan fingerprint density at radius 2 is 1.83 bits per heavy atom. The van der Waals surface area contributed by atoms with E-state index in [1.807, 2.05) is 16.8 Å². The number of hydrogen-bond acceptors (Lipinski definition) is 3. The van der Waals surface area contributed by atoms with Crippen LogP contribution in [0.3, 0.4) is 0 Å². The lowest BCUT2D eigenvalue weighted by molar-refractivity contribution is 0.0951. The molecule has 0 bridgehead atoms. The number of rotatable bonds is 8. The zero-order chi connectivity index (χ0) is 21.7. The van der Waals surface area contributed by atoms with Gasteiger partial charge in [-0.25, -0.2) is 0 Å². The van der Waals surface area contributed by atoms with Crippen LogP contribution in [-0.2, 0) is 25.8 Å². The standard InChI is InChI=1S/C23H25Cl2N3O2/c1-3-21-20(12-15-10-17(24)14-18(25)11-15)22(4-2)28(27-21)9-8-26-23(30)16-6-5-7-19(29)13-16/h5-7,10-11,13-14,29H,3-4,8-9,12H2,1-2H3,(H,26,30).